The average molecular weight is 206 g/mol. The number of methoxy groups -OCH3 is 1. The number of carbonyl (C=O) groups excluding carboxylic acids is 1. The molecule has 0 atom stereocenters. The number of aliphatic hydroxyl groups excluding tert-OH is 1. The molecule has 0 radical (unpaired) electrons. The van der Waals surface area contributed by atoms with E-state index < -0.39 is 5.97 Å². The topological polar surface area (TPSA) is 66.8 Å². The second-order valence-electron chi connectivity index (χ2n) is 2.74. The molecule has 0 amide bonds. The molecule has 78 valence electrons. The Morgan fingerprint density at radius 1 is 1.53 bits per heavy atom. The van der Waals surface area contributed by atoms with Crippen molar-refractivity contribution in [3.05, 3.63) is 29.3 Å². The maximum Gasteiger partial charge on any atom is 0.384 e. The maximum absolute atomic E-state index is 10.7. The summed E-state index contributed by atoms with van der Waals surface area (Å²) in [7, 11) is 1.24. The molecule has 0 aliphatic carbocycles. The molecule has 0 aromatic heterocycles. The number of hydrogen-bond acceptors (Lipinski definition) is 4. The summed E-state index contributed by atoms with van der Waals surface area (Å²) in [4.78, 5) is 10.7. The van der Waals surface area contributed by atoms with Gasteiger partial charge in [0, 0.05) is 17.0 Å². The number of ether oxygens (including phenoxy) is 1. The van der Waals surface area contributed by atoms with Crippen molar-refractivity contribution in [2.75, 3.05) is 7.11 Å². The molecule has 1 aromatic rings. The van der Waals surface area contributed by atoms with Gasteiger partial charge in [-0.3, -0.25) is 0 Å². The van der Waals surface area contributed by atoms with E-state index in [1.165, 1.54) is 19.2 Å². The van der Waals surface area contributed by atoms with Crippen molar-refractivity contribution in [1.29, 1.82) is 0 Å². The summed E-state index contributed by atoms with van der Waals surface area (Å²) in [6, 6.07) is 4.46. The van der Waals surface area contributed by atoms with Gasteiger partial charge in [0.1, 0.15) is 5.75 Å². The van der Waals surface area contributed by atoms with Crippen molar-refractivity contribution in [2.24, 2.45) is 0 Å². The lowest BCUT2D eigenvalue weighted by Crippen LogP contribution is -1.94. The fourth-order valence-electron chi connectivity index (χ4n) is 0.964. The number of hydrogen-bond donors (Lipinski definition) is 2. The van der Waals surface area contributed by atoms with E-state index in [1.54, 1.807) is 6.07 Å². The predicted octanol–water partition coefficient (Wildman–Crippen LogP) is 0.409. The molecule has 2 N–H and O–H groups in total. The van der Waals surface area contributed by atoms with Gasteiger partial charge in [0.05, 0.1) is 13.7 Å². The Balaban J connectivity index is 2.95. The van der Waals surface area contributed by atoms with Crippen LogP contribution in [0.25, 0.3) is 0 Å². The average Bonchev–Trinajstić information content (AvgIpc) is 2.27. The molecule has 0 fully saturated rings. The van der Waals surface area contributed by atoms with Crippen LogP contribution in [0, 0.1) is 11.8 Å². The number of aromatic hydroxyl groups is 1. The molecule has 1 aromatic carbocycles. The van der Waals surface area contributed by atoms with E-state index in [0.29, 0.717) is 11.1 Å². The van der Waals surface area contributed by atoms with E-state index in [0.717, 1.165) is 0 Å². The van der Waals surface area contributed by atoms with Crippen LogP contribution in [0.4, 0.5) is 0 Å². The summed E-state index contributed by atoms with van der Waals surface area (Å²) < 4.78 is 4.34. The molecule has 0 saturated carbocycles. The Bertz CT molecular complexity index is 426. The minimum atomic E-state index is -0.631. The lowest BCUT2D eigenvalue weighted by molar-refractivity contribution is -0.133. The number of benzene rings is 1. The molecule has 0 heterocycles. The quantitative estimate of drug-likeness (QED) is 0.516. The van der Waals surface area contributed by atoms with Crippen molar-refractivity contribution in [3.8, 4) is 17.6 Å². The van der Waals surface area contributed by atoms with Crippen LogP contribution < -0.4 is 0 Å². The van der Waals surface area contributed by atoms with Gasteiger partial charge in [-0.15, -0.1) is 0 Å². The van der Waals surface area contributed by atoms with Crippen molar-refractivity contribution in [2.45, 2.75) is 6.61 Å². The van der Waals surface area contributed by atoms with Gasteiger partial charge in [-0.2, -0.15) is 0 Å². The SMILES string of the molecule is COC(=O)C#Cc1ccc(O)c(CO)c1. The van der Waals surface area contributed by atoms with E-state index in [1.807, 2.05) is 0 Å². The van der Waals surface area contributed by atoms with Crippen molar-refractivity contribution in [3.63, 3.8) is 0 Å². The lowest BCUT2D eigenvalue weighted by Gasteiger charge is -2.00. The molecule has 4 nitrogen and oxygen atoms in total. The molecule has 15 heavy (non-hydrogen) atoms. The van der Waals surface area contributed by atoms with Crippen molar-refractivity contribution in [1.82, 2.24) is 0 Å². The van der Waals surface area contributed by atoms with Gasteiger partial charge in [0.2, 0.25) is 0 Å². The monoisotopic (exact) mass is 206 g/mol. The van der Waals surface area contributed by atoms with Crippen LogP contribution in [0.5, 0.6) is 5.75 Å². The van der Waals surface area contributed by atoms with Gasteiger partial charge in [0.25, 0.3) is 0 Å². The highest BCUT2D eigenvalue weighted by molar-refractivity contribution is 5.89. The van der Waals surface area contributed by atoms with Crippen LogP contribution in [0.15, 0.2) is 18.2 Å². The zero-order valence-electron chi connectivity index (χ0n) is 8.15. The zero-order chi connectivity index (χ0) is 11.3. The van der Waals surface area contributed by atoms with Crippen LogP contribution in [-0.4, -0.2) is 23.3 Å². The number of carbonyl (C=O) groups is 1. The Labute approximate surface area is 87.1 Å². The van der Waals surface area contributed by atoms with Crippen molar-refractivity contribution >= 4 is 5.97 Å². The molecule has 0 aliphatic heterocycles. The Morgan fingerprint density at radius 3 is 2.87 bits per heavy atom. The van der Waals surface area contributed by atoms with E-state index in [-0.39, 0.29) is 12.4 Å². The molecule has 0 aliphatic rings. The molecule has 0 unspecified atom stereocenters. The Hall–Kier alpha value is -1.99. The number of aliphatic hydroxyl groups is 1. The Kier molecular flexibility index (Phi) is 3.72. The van der Waals surface area contributed by atoms with Gasteiger partial charge in [0.15, 0.2) is 0 Å². The molecular formula is C11H10O4. The summed E-state index contributed by atoms with van der Waals surface area (Å²) in [6.45, 7) is -0.278. The second-order valence-corrected chi connectivity index (χ2v) is 2.74. The standard InChI is InChI=1S/C11H10O4/c1-15-11(14)5-3-8-2-4-10(13)9(6-8)7-12/h2,4,6,12-13H,7H2,1H3. The summed E-state index contributed by atoms with van der Waals surface area (Å²) >= 11 is 0. The minimum absolute atomic E-state index is 0.00104. The van der Waals surface area contributed by atoms with Gasteiger partial charge >= 0.3 is 5.97 Å². The zero-order valence-corrected chi connectivity index (χ0v) is 8.15. The highest BCUT2D eigenvalue weighted by atomic mass is 16.5. The third-order valence-electron chi connectivity index (χ3n) is 1.74. The fraction of sp³-hybridized carbons (Fsp3) is 0.182. The van der Waals surface area contributed by atoms with Gasteiger partial charge in [-0.25, -0.2) is 4.79 Å². The van der Waals surface area contributed by atoms with E-state index >= 15 is 0 Å². The van der Waals surface area contributed by atoms with Crippen LogP contribution in [0.2, 0.25) is 0 Å². The van der Waals surface area contributed by atoms with E-state index in [2.05, 4.69) is 16.6 Å². The Morgan fingerprint density at radius 2 is 2.27 bits per heavy atom. The molecule has 0 saturated heterocycles. The van der Waals surface area contributed by atoms with Crippen LogP contribution in [0.1, 0.15) is 11.1 Å². The highest BCUT2D eigenvalue weighted by Crippen LogP contribution is 2.17. The third kappa shape index (κ3) is 3.01. The van der Waals surface area contributed by atoms with Gasteiger partial charge < -0.3 is 14.9 Å². The molecule has 4 heteroatoms. The summed E-state index contributed by atoms with van der Waals surface area (Å²) in [5, 5.41) is 18.1. The normalized spacial score (nSPS) is 8.93. The summed E-state index contributed by atoms with van der Waals surface area (Å²) in [5.74, 6) is 4.17. The molecule has 1 rings (SSSR count). The van der Waals surface area contributed by atoms with Gasteiger partial charge in [-0.1, -0.05) is 5.92 Å². The van der Waals surface area contributed by atoms with Crippen molar-refractivity contribution < 1.29 is 19.7 Å². The number of esters is 1. The number of rotatable bonds is 1. The predicted molar refractivity (Wildman–Crippen MR) is 52.9 cm³/mol. The second kappa shape index (κ2) is 5.03. The highest BCUT2D eigenvalue weighted by Gasteiger charge is 1.99. The van der Waals surface area contributed by atoms with Crippen LogP contribution in [0.3, 0.4) is 0 Å². The van der Waals surface area contributed by atoms with E-state index in [4.69, 9.17) is 5.11 Å². The first kappa shape index (κ1) is 11.1. The first-order valence-corrected chi connectivity index (χ1v) is 4.20. The summed E-state index contributed by atoms with van der Waals surface area (Å²) in [6.07, 6.45) is 0. The first-order valence-electron chi connectivity index (χ1n) is 4.20. The smallest absolute Gasteiger partial charge is 0.384 e. The molecule has 0 spiro atoms. The fourth-order valence-corrected chi connectivity index (χ4v) is 0.964. The minimum Gasteiger partial charge on any atom is -0.508 e. The summed E-state index contributed by atoms with van der Waals surface area (Å²) in [5.41, 5.74) is 0.897. The third-order valence-corrected chi connectivity index (χ3v) is 1.74. The number of phenols is 1. The van der Waals surface area contributed by atoms with E-state index in [9.17, 15) is 9.90 Å². The largest absolute Gasteiger partial charge is 0.508 e. The van der Waals surface area contributed by atoms with Crippen LogP contribution >= 0.6 is 0 Å². The molecule has 0 bridgehead atoms. The molecular weight excluding hydrogens is 196 g/mol. The lowest BCUT2D eigenvalue weighted by atomic mass is 10.1. The first-order chi connectivity index (χ1) is 7.17. The van der Waals surface area contributed by atoms with Gasteiger partial charge in [-0.05, 0) is 18.2 Å². The maximum atomic E-state index is 10.7. The van der Waals surface area contributed by atoms with Crippen LogP contribution in [-0.2, 0) is 16.1 Å².